The van der Waals surface area contributed by atoms with Crippen LogP contribution in [0.25, 0.3) is 22.4 Å². The lowest BCUT2D eigenvalue weighted by molar-refractivity contribution is -0.159. The summed E-state index contributed by atoms with van der Waals surface area (Å²) in [5, 5.41) is 0. The van der Waals surface area contributed by atoms with Crippen LogP contribution in [-0.4, -0.2) is 53.5 Å². The van der Waals surface area contributed by atoms with Crippen molar-refractivity contribution in [1.29, 1.82) is 0 Å². The SMILES string of the molecule is COCCn1c(-c2c[nH]c(=O)c(C)c2)nc2cc(CC[C@@H](CC(C)C)C(=O)OC3CCOCC3)ccc21. The zero-order valence-electron chi connectivity index (χ0n) is 22.4. The lowest BCUT2D eigenvalue weighted by Gasteiger charge is -2.25. The van der Waals surface area contributed by atoms with E-state index < -0.39 is 0 Å². The van der Waals surface area contributed by atoms with Crippen LogP contribution >= 0.6 is 0 Å². The van der Waals surface area contributed by atoms with Gasteiger partial charge >= 0.3 is 5.97 Å². The van der Waals surface area contributed by atoms with E-state index in [1.54, 1.807) is 20.2 Å². The molecular weight excluding hydrogens is 470 g/mol. The highest BCUT2D eigenvalue weighted by molar-refractivity contribution is 5.81. The third-order valence-corrected chi connectivity index (χ3v) is 7.00. The van der Waals surface area contributed by atoms with Crippen molar-refractivity contribution in [2.24, 2.45) is 11.8 Å². The maximum absolute atomic E-state index is 13.0. The van der Waals surface area contributed by atoms with E-state index in [0.717, 1.165) is 60.1 Å². The Balaban J connectivity index is 1.54. The van der Waals surface area contributed by atoms with Crippen molar-refractivity contribution in [1.82, 2.24) is 14.5 Å². The lowest BCUT2D eigenvalue weighted by Crippen LogP contribution is -2.30. The van der Waals surface area contributed by atoms with Gasteiger partial charge in [0.2, 0.25) is 0 Å². The van der Waals surface area contributed by atoms with Gasteiger partial charge in [0.25, 0.3) is 5.56 Å². The van der Waals surface area contributed by atoms with Gasteiger partial charge in [-0.05, 0) is 55.9 Å². The molecule has 8 heteroatoms. The number of benzene rings is 1. The Morgan fingerprint density at radius 1 is 1.24 bits per heavy atom. The second-order valence-electron chi connectivity index (χ2n) is 10.4. The first kappa shape index (κ1) is 27.1. The number of nitrogens with one attached hydrogen (secondary N) is 1. The summed E-state index contributed by atoms with van der Waals surface area (Å²) >= 11 is 0. The van der Waals surface area contributed by atoms with Crippen LogP contribution in [0.15, 0.2) is 35.3 Å². The summed E-state index contributed by atoms with van der Waals surface area (Å²) in [5.41, 5.74) is 4.44. The molecule has 1 aliphatic rings. The number of carbonyl (C=O) groups is 1. The number of esters is 1. The molecule has 0 amide bonds. The number of methoxy groups -OCH3 is 1. The molecule has 0 aliphatic carbocycles. The number of aromatic amines is 1. The van der Waals surface area contributed by atoms with E-state index in [-0.39, 0.29) is 23.6 Å². The van der Waals surface area contributed by atoms with Crippen molar-refractivity contribution in [3.8, 4) is 11.4 Å². The van der Waals surface area contributed by atoms with E-state index in [1.165, 1.54) is 0 Å². The number of aryl methyl sites for hydroxylation is 2. The molecule has 0 spiro atoms. The number of hydrogen-bond donors (Lipinski definition) is 1. The molecule has 1 aliphatic heterocycles. The van der Waals surface area contributed by atoms with Crippen molar-refractivity contribution >= 4 is 17.0 Å². The van der Waals surface area contributed by atoms with Crippen LogP contribution in [0.4, 0.5) is 0 Å². The van der Waals surface area contributed by atoms with Crippen LogP contribution in [-0.2, 0) is 32.0 Å². The van der Waals surface area contributed by atoms with Crippen LogP contribution in [0.2, 0.25) is 0 Å². The molecular formula is C29H39N3O5. The predicted octanol–water partition coefficient (Wildman–Crippen LogP) is 4.66. The molecule has 4 rings (SSSR count). The molecule has 1 atom stereocenters. The normalized spacial score (nSPS) is 15.4. The van der Waals surface area contributed by atoms with Gasteiger partial charge < -0.3 is 23.8 Å². The average Bonchev–Trinajstić information content (AvgIpc) is 3.24. The number of carbonyl (C=O) groups excluding carboxylic acids is 1. The van der Waals surface area contributed by atoms with Crippen LogP contribution in [0.3, 0.4) is 0 Å². The quantitative estimate of drug-likeness (QED) is 0.378. The van der Waals surface area contributed by atoms with Gasteiger partial charge in [-0.25, -0.2) is 4.98 Å². The van der Waals surface area contributed by atoms with Gasteiger partial charge in [0.05, 0.1) is 36.8 Å². The molecule has 37 heavy (non-hydrogen) atoms. The fraction of sp³-hybridized carbons (Fsp3) is 0.552. The fourth-order valence-corrected chi connectivity index (χ4v) is 4.98. The number of rotatable bonds is 11. The van der Waals surface area contributed by atoms with Gasteiger partial charge in [0.1, 0.15) is 11.9 Å². The summed E-state index contributed by atoms with van der Waals surface area (Å²) in [7, 11) is 1.68. The minimum atomic E-state index is -0.127. The molecule has 200 valence electrons. The highest BCUT2D eigenvalue weighted by Crippen LogP contribution is 2.27. The Kier molecular flexibility index (Phi) is 9.16. The average molecular weight is 510 g/mol. The summed E-state index contributed by atoms with van der Waals surface area (Å²) in [6.45, 7) is 8.60. The third-order valence-electron chi connectivity index (χ3n) is 7.00. The minimum absolute atomic E-state index is 0.0293. The predicted molar refractivity (Wildman–Crippen MR) is 144 cm³/mol. The maximum Gasteiger partial charge on any atom is 0.309 e. The van der Waals surface area contributed by atoms with Crippen LogP contribution in [0, 0.1) is 18.8 Å². The Morgan fingerprint density at radius 3 is 2.73 bits per heavy atom. The second kappa shape index (κ2) is 12.5. The largest absolute Gasteiger partial charge is 0.462 e. The number of pyridine rings is 1. The number of imidazole rings is 1. The summed E-state index contributed by atoms with van der Waals surface area (Å²) in [6, 6.07) is 8.18. The number of hydrogen-bond acceptors (Lipinski definition) is 6. The Labute approximate surface area is 218 Å². The van der Waals surface area contributed by atoms with Crippen molar-refractivity contribution < 1.29 is 19.0 Å². The number of fused-ring (bicyclic) bond motifs is 1. The number of H-pyrrole nitrogens is 1. The van der Waals surface area contributed by atoms with E-state index in [4.69, 9.17) is 19.2 Å². The monoisotopic (exact) mass is 509 g/mol. The van der Waals surface area contributed by atoms with E-state index >= 15 is 0 Å². The first-order chi connectivity index (χ1) is 17.9. The molecule has 0 unspecified atom stereocenters. The number of nitrogens with zero attached hydrogens (tertiary/aromatic N) is 2. The van der Waals surface area contributed by atoms with Crippen LogP contribution in [0.1, 0.15) is 50.7 Å². The molecule has 3 aromatic rings. The maximum atomic E-state index is 13.0. The first-order valence-corrected chi connectivity index (χ1v) is 13.3. The van der Waals surface area contributed by atoms with E-state index in [2.05, 4.69) is 41.6 Å². The second-order valence-corrected chi connectivity index (χ2v) is 10.4. The Hall–Kier alpha value is -2.97. The molecule has 1 aromatic carbocycles. The smallest absolute Gasteiger partial charge is 0.309 e. The summed E-state index contributed by atoms with van der Waals surface area (Å²) < 4.78 is 18.7. The zero-order valence-corrected chi connectivity index (χ0v) is 22.4. The third kappa shape index (κ3) is 6.87. The van der Waals surface area contributed by atoms with Gasteiger partial charge in [0.15, 0.2) is 0 Å². The molecule has 3 heterocycles. The summed E-state index contributed by atoms with van der Waals surface area (Å²) in [4.78, 5) is 32.6. The van der Waals surface area contributed by atoms with Gasteiger partial charge in [-0.1, -0.05) is 19.9 Å². The highest BCUT2D eigenvalue weighted by atomic mass is 16.6. The van der Waals surface area contributed by atoms with E-state index in [9.17, 15) is 9.59 Å². The number of aromatic nitrogens is 3. The van der Waals surface area contributed by atoms with Crippen LogP contribution < -0.4 is 5.56 Å². The van der Waals surface area contributed by atoms with E-state index in [1.807, 2.05) is 6.07 Å². The van der Waals surface area contributed by atoms with E-state index in [0.29, 0.717) is 37.8 Å². The fourth-order valence-electron chi connectivity index (χ4n) is 4.98. The highest BCUT2D eigenvalue weighted by Gasteiger charge is 2.26. The summed E-state index contributed by atoms with van der Waals surface area (Å²) in [6.07, 6.45) is 5.56. The molecule has 1 N–H and O–H groups in total. The van der Waals surface area contributed by atoms with Gasteiger partial charge in [-0.15, -0.1) is 0 Å². The zero-order chi connectivity index (χ0) is 26.4. The summed E-state index contributed by atoms with van der Waals surface area (Å²) in [5.74, 6) is 0.995. The number of ether oxygens (including phenoxy) is 3. The lowest BCUT2D eigenvalue weighted by atomic mass is 9.91. The Bertz CT molecular complexity index is 1260. The van der Waals surface area contributed by atoms with Crippen LogP contribution in [0.5, 0.6) is 0 Å². The molecule has 1 saturated heterocycles. The molecule has 1 fully saturated rings. The van der Waals surface area contributed by atoms with Gasteiger partial charge in [0, 0.05) is 43.8 Å². The molecule has 8 nitrogen and oxygen atoms in total. The topological polar surface area (TPSA) is 95.4 Å². The first-order valence-electron chi connectivity index (χ1n) is 13.3. The standard InChI is InChI=1S/C29H39N3O5/c1-19(2)15-22(29(34)37-24-9-12-36-13-10-24)7-5-21-6-8-26-25(17-21)31-27(32(26)11-14-35-4)23-16-20(3)28(33)30-18-23/h6,8,16-19,22,24H,5,7,9-15H2,1-4H3,(H,30,33)/t22-/m0/s1. The molecule has 2 aromatic heterocycles. The van der Waals surface area contributed by atoms with Crippen molar-refractivity contribution in [2.75, 3.05) is 26.9 Å². The van der Waals surface area contributed by atoms with Gasteiger partial charge in [-0.2, -0.15) is 0 Å². The molecule has 0 bridgehead atoms. The van der Waals surface area contributed by atoms with Crippen molar-refractivity contribution in [3.63, 3.8) is 0 Å². The molecule has 0 saturated carbocycles. The van der Waals surface area contributed by atoms with Crippen molar-refractivity contribution in [2.45, 2.75) is 65.5 Å². The minimum Gasteiger partial charge on any atom is -0.462 e. The van der Waals surface area contributed by atoms with Crippen molar-refractivity contribution in [3.05, 3.63) is 51.9 Å². The Morgan fingerprint density at radius 2 is 2.03 bits per heavy atom. The molecule has 0 radical (unpaired) electrons. The van der Waals surface area contributed by atoms with Gasteiger partial charge in [-0.3, -0.25) is 9.59 Å².